The van der Waals surface area contributed by atoms with E-state index in [1.165, 1.54) is 4.57 Å². The Bertz CT molecular complexity index is 493. The largest absolute Gasteiger partial charge is 0.329 e. The Morgan fingerprint density at radius 2 is 2.16 bits per heavy atom. The molecule has 1 heterocycles. The number of imidazole rings is 1. The molecule has 0 saturated heterocycles. The molecule has 0 radical (unpaired) electrons. The van der Waals surface area contributed by atoms with Crippen molar-refractivity contribution in [2.75, 3.05) is 13.1 Å². The van der Waals surface area contributed by atoms with Gasteiger partial charge in [-0.05, 0) is 20.8 Å². The zero-order valence-electron chi connectivity index (χ0n) is 11.8. The standard InChI is InChI=1S/C15H21N3O/c1-5-9-10-13(6-2)14-11-18(12-16-14)15(19)17(7-3)8-4/h5-6,9-12H,2,7-8H2,1,3-4H3/b9-5-,13-10+. The molecule has 1 amide bonds. The van der Waals surface area contributed by atoms with Crippen LogP contribution in [0.2, 0.25) is 0 Å². The predicted octanol–water partition coefficient (Wildman–Crippen LogP) is 3.34. The normalized spacial score (nSPS) is 11.8. The minimum atomic E-state index is -0.0572. The Morgan fingerprint density at radius 3 is 2.68 bits per heavy atom. The molecule has 0 aliphatic carbocycles. The number of rotatable bonds is 5. The second kappa shape index (κ2) is 7.36. The lowest BCUT2D eigenvalue weighted by molar-refractivity contribution is 0.205. The van der Waals surface area contributed by atoms with E-state index in [1.54, 1.807) is 23.5 Å². The quantitative estimate of drug-likeness (QED) is 0.761. The van der Waals surface area contributed by atoms with Crippen molar-refractivity contribution in [2.24, 2.45) is 0 Å². The maximum absolute atomic E-state index is 12.1. The van der Waals surface area contributed by atoms with Gasteiger partial charge >= 0.3 is 6.03 Å². The number of allylic oxidation sites excluding steroid dienone is 5. The first-order valence-electron chi connectivity index (χ1n) is 6.46. The summed E-state index contributed by atoms with van der Waals surface area (Å²) in [5, 5.41) is 0. The van der Waals surface area contributed by atoms with E-state index in [4.69, 9.17) is 0 Å². The summed E-state index contributed by atoms with van der Waals surface area (Å²) in [5.74, 6) is 0. The van der Waals surface area contributed by atoms with Crippen molar-refractivity contribution < 1.29 is 4.79 Å². The SMILES string of the molecule is C=C/C(=C\C=C/C)c1cn(C(=O)N(CC)CC)cn1. The Kier molecular flexibility index (Phi) is 5.79. The summed E-state index contributed by atoms with van der Waals surface area (Å²) in [5.41, 5.74) is 1.64. The molecule has 102 valence electrons. The second-order valence-corrected chi connectivity index (χ2v) is 3.97. The molecule has 1 aromatic heterocycles. The molecule has 1 rings (SSSR count). The maximum atomic E-state index is 12.1. The molecular weight excluding hydrogens is 238 g/mol. The molecule has 0 N–H and O–H groups in total. The summed E-state index contributed by atoms with van der Waals surface area (Å²) >= 11 is 0. The van der Waals surface area contributed by atoms with Gasteiger partial charge in [0.2, 0.25) is 0 Å². The molecular formula is C15H21N3O. The van der Waals surface area contributed by atoms with Crippen molar-refractivity contribution in [3.05, 3.63) is 49.1 Å². The van der Waals surface area contributed by atoms with Gasteiger partial charge in [0, 0.05) is 24.9 Å². The number of aromatic nitrogens is 2. The van der Waals surface area contributed by atoms with Gasteiger partial charge in [0.15, 0.2) is 0 Å². The van der Waals surface area contributed by atoms with Gasteiger partial charge in [-0.15, -0.1) is 0 Å². The van der Waals surface area contributed by atoms with Gasteiger partial charge in [-0.1, -0.05) is 30.9 Å². The summed E-state index contributed by atoms with van der Waals surface area (Å²) in [4.78, 5) is 18.1. The fourth-order valence-corrected chi connectivity index (χ4v) is 1.69. The minimum absolute atomic E-state index is 0.0572. The number of carbonyl (C=O) groups excluding carboxylic acids is 1. The smallest absolute Gasteiger partial charge is 0.325 e. The molecule has 0 saturated carbocycles. The van der Waals surface area contributed by atoms with E-state index in [1.807, 2.05) is 39.0 Å². The lowest BCUT2D eigenvalue weighted by Crippen LogP contribution is -2.33. The highest BCUT2D eigenvalue weighted by Gasteiger charge is 2.13. The first-order valence-corrected chi connectivity index (χ1v) is 6.46. The number of carbonyl (C=O) groups is 1. The molecule has 4 heteroatoms. The fraction of sp³-hybridized carbons (Fsp3) is 0.333. The Labute approximate surface area is 114 Å². The average molecular weight is 259 g/mol. The number of amides is 1. The van der Waals surface area contributed by atoms with Crippen LogP contribution >= 0.6 is 0 Å². The van der Waals surface area contributed by atoms with Gasteiger partial charge in [0.25, 0.3) is 0 Å². The third kappa shape index (κ3) is 3.68. The molecule has 4 nitrogen and oxygen atoms in total. The average Bonchev–Trinajstić information content (AvgIpc) is 2.90. The van der Waals surface area contributed by atoms with Crippen LogP contribution in [0, 0.1) is 0 Å². The molecule has 0 unspecified atom stereocenters. The third-order valence-corrected chi connectivity index (χ3v) is 2.82. The van der Waals surface area contributed by atoms with Crippen molar-refractivity contribution in [3.8, 4) is 0 Å². The Morgan fingerprint density at radius 1 is 1.47 bits per heavy atom. The van der Waals surface area contributed by atoms with Crippen molar-refractivity contribution in [1.82, 2.24) is 14.5 Å². The summed E-state index contributed by atoms with van der Waals surface area (Å²) in [7, 11) is 0. The predicted molar refractivity (Wildman–Crippen MR) is 78.9 cm³/mol. The highest BCUT2D eigenvalue weighted by atomic mass is 16.2. The lowest BCUT2D eigenvalue weighted by atomic mass is 10.2. The van der Waals surface area contributed by atoms with Crippen LogP contribution in [0.25, 0.3) is 5.57 Å². The number of nitrogens with zero attached hydrogens (tertiary/aromatic N) is 3. The highest BCUT2D eigenvalue weighted by molar-refractivity contribution is 5.79. The van der Waals surface area contributed by atoms with Gasteiger partial charge in [-0.3, -0.25) is 4.57 Å². The van der Waals surface area contributed by atoms with Crippen molar-refractivity contribution >= 4 is 11.6 Å². The van der Waals surface area contributed by atoms with E-state index >= 15 is 0 Å². The number of hydrogen-bond donors (Lipinski definition) is 0. The van der Waals surface area contributed by atoms with Crippen LogP contribution in [0.15, 0.2) is 43.4 Å². The van der Waals surface area contributed by atoms with E-state index < -0.39 is 0 Å². The Balaban J connectivity index is 2.99. The van der Waals surface area contributed by atoms with Gasteiger partial charge in [-0.25, -0.2) is 9.78 Å². The molecule has 0 fully saturated rings. The zero-order valence-corrected chi connectivity index (χ0v) is 11.8. The minimum Gasteiger partial charge on any atom is -0.325 e. The van der Waals surface area contributed by atoms with Crippen molar-refractivity contribution in [3.63, 3.8) is 0 Å². The second-order valence-electron chi connectivity index (χ2n) is 3.97. The van der Waals surface area contributed by atoms with Crippen LogP contribution in [0.3, 0.4) is 0 Å². The van der Waals surface area contributed by atoms with E-state index in [-0.39, 0.29) is 6.03 Å². The van der Waals surface area contributed by atoms with E-state index in [0.29, 0.717) is 13.1 Å². The van der Waals surface area contributed by atoms with Crippen LogP contribution in [0.1, 0.15) is 26.5 Å². The molecule has 19 heavy (non-hydrogen) atoms. The maximum Gasteiger partial charge on any atom is 0.329 e. The van der Waals surface area contributed by atoms with Gasteiger partial charge in [0.05, 0.1) is 5.69 Å². The molecule has 0 spiro atoms. The van der Waals surface area contributed by atoms with Crippen LogP contribution in [-0.4, -0.2) is 33.6 Å². The number of hydrogen-bond acceptors (Lipinski definition) is 2. The lowest BCUT2D eigenvalue weighted by Gasteiger charge is -2.18. The fourth-order valence-electron chi connectivity index (χ4n) is 1.69. The molecule has 0 bridgehead atoms. The van der Waals surface area contributed by atoms with Crippen LogP contribution in [-0.2, 0) is 0 Å². The van der Waals surface area contributed by atoms with E-state index in [2.05, 4.69) is 11.6 Å². The van der Waals surface area contributed by atoms with Gasteiger partial charge < -0.3 is 4.90 Å². The molecule has 1 aromatic rings. The van der Waals surface area contributed by atoms with Crippen LogP contribution in [0.4, 0.5) is 4.79 Å². The topological polar surface area (TPSA) is 38.1 Å². The summed E-state index contributed by atoms with van der Waals surface area (Å²) < 4.78 is 1.51. The first-order chi connectivity index (χ1) is 9.17. The summed E-state index contributed by atoms with van der Waals surface area (Å²) in [6, 6.07) is -0.0572. The van der Waals surface area contributed by atoms with Crippen LogP contribution in [0.5, 0.6) is 0 Å². The molecule has 0 aliphatic rings. The van der Waals surface area contributed by atoms with Gasteiger partial charge in [-0.2, -0.15) is 0 Å². The summed E-state index contributed by atoms with van der Waals surface area (Å²) in [6.07, 6.45) is 10.8. The zero-order chi connectivity index (χ0) is 14.3. The third-order valence-electron chi connectivity index (χ3n) is 2.82. The van der Waals surface area contributed by atoms with E-state index in [0.717, 1.165) is 11.3 Å². The van der Waals surface area contributed by atoms with Crippen LogP contribution < -0.4 is 0 Å². The first kappa shape index (κ1) is 15.0. The summed E-state index contributed by atoms with van der Waals surface area (Å²) in [6.45, 7) is 11.0. The molecule has 0 atom stereocenters. The molecule has 0 aliphatic heterocycles. The highest BCUT2D eigenvalue weighted by Crippen LogP contribution is 2.13. The van der Waals surface area contributed by atoms with Crippen molar-refractivity contribution in [2.45, 2.75) is 20.8 Å². The monoisotopic (exact) mass is 259 g/mol. The van der Waals surface area contributed by atoms with Crippen molar-refractivity contribution in [1.29, 1.82) is 0 Å². The van der Waals surface area contributed by atoms with Gasteiger partial charge in [0.1, 0.15) is 6.33 Å². The van der Waals surface area contributed by atoms with E-state index in [9.17, 15) is 4.79 Å². The Hall–Kier alpha value is -2.10. The molecule has 0 aromatic carbocycles.